The fourth-order valence-electron chi connectivity index (χ4n) is 3.69. The molecule has 2 heterocycles. The highest BCUT2D eigenvalue weighted by atomic mass is 35.5. The highest BCUT2D eigenvalue weighted by Crippen LogP contribution is 2.26. The van der Waals surface area contributed by atoms with Crippen molar-refractivity contribution in [3.05, 3.63) is 71.5 Å². The summed E-state index contributed by atoms with van der Waals surface area (Å²) in [7, 11) is 1.57. The van der Waals surface area contributed by atoms with E-state index in [4.69, 9.17) is 16.3 Å². The van der Waals surface area contributed by atoms with E-state index >= 15 is 0 Å². The molecule has 0 radical (unpaired) electrons. The van der Waals surface area contributed by atoms with E-state index in [-0.39, 0.29) is 17.7 Å². The Balaban J connectivity index is 1.35. The fourth-order valence-corrected chi connectivity index (χ4v) is 3.87. The Morgan fingerprint density at radius 1 is 1.10 bits per heavy atom. The van der Waals surface area contributed by atoms with E-state index in [0.29, 0.717) is 48.1 Å². The second-order valence-corrected chi connectivity index (χ2v) is 7.82. The number of nitrogens with one attached hydrogen (secondary N) is 1. The maximum absolute atomic E-state index is 12.9. The molecule has 160 valence electrons. The van der Waals surface area contributed by atoms with E-state index in [9.17, 15) is 9.59 Å². The second kappa shape index (κ2) is 9.22. The number of rotatable bonds is 5. The minimum Gasteiger partial charge on any atom is -0.495 e. The number of para-hydroxylation sites is 2. The molecule has 3 aromatic rings. The van der Waals surface area contributed by atoms with Gasteiger partial charge in [0.1, 0.15) is 5.75 Å². The fraction of sp³-hybridized carbons (Fsp3) is 0.261. The highest BCUT2D eigenvalue weighted by Gasteiger charge is 2.29. The Hall–Kier alpha value is -3.32. The molecule has 0 spiro atoms. The van der Waals surface area contributed by atoms with Gasteiger partial charge in [-0.25, -0.2) is 4.68 Å². The molecule has 1 N–H and O–H groups in total. The van der Waals surface area contributed by atoms with E-state index in [1.54, 1.807) is 47.2 Å². The number of nitrogens with zero attached hydrogens (tertiary/aromatic N) is 3. The molecule has 4 rings (SSSR count). The van der Waals surface area contributed by atoms with Crippen LogP contribution in [0.4, 0.5) is 5.69 Å². The number of piperidine rings is 1. The number of likely N-dealkylation sites (tertiary alicyclic amines) is 1. The lowest BCUT2D eigenvalue weighted by atomic mass is 9.95. The molecule has 1 fully saturated rings. The van der Waals surface area contributed by atoms with Gasteiger partial charge in [-0.05, 0) is 49.2 Å². The summed E-state index contributed by atoms with van der Waals surface area (Å²) < 4.78 is 6.92. The average molecular weight is 439 g/mol. The van der Waals surface area contributed by atoms with Gasteiger partial charge < -0.3 is 15.0 Å². The standard InChI is InChI=1S/C23H23ClN4O3/c1-31-21-8-3-2-7-19(21)25-22(29)16-9-12-27(13-10-16)23(30)20-11-14-28(26-20)18-6-4-5-17(24)15-18/h2-8,11,14-16H,9-10,12-13H2,1H3,(H,25,29). The first-order valence-corrected chi connectivity index (χ1v) is 10.5. The van der Waals surface area contributed by atoms with Crippen LogP contribution in [0.3, 0.4) is 0 Å². The van der Waals surface area contributed by atoms with E-state index in [1.807, 2.05) is 30.3 Å². The summed E-state index contributed by atoms with van der Waals surface area (Å²) >= 11 is 6.04. The Kier molecular flexibility index (Phi) is 6.23. The number of carbonyl (C=O) groups is 2. The average Bonchev–Trinajstić information content (AvgIpc) is 3.29. The topological polar surface area (TPSA) is 76.5 Å². The number of aromatic nitrogens is 2. The van der Waals surface area contributed by atoms with Crippen LogP contribution in [-0.2, 0) is 4.79 Å². The molecular weight excluding hydrogens is 416 g/mol. The van der Waals surface area contributed by atoms with E-state index in [0.717, 1.165) is 5.69 Å². The molecule has 1 saturated heterocycles. The third-order valence-corrected chi connectivity index (χ3v) is 5.63. The quantitative estimate of drug-likeness (QED) is 0.652. The first-order chi connectivity index (χ1) is 15.0. The van der Waals surface area contributed by atoms with Crippen molar-refractivity contribution in [2.45, 2.75) is 12.8 Å². The van der Waals surface area contributed by atoms with Crippen molar-refractivity contribution in [2.24, 2.45) is 5.92 Å². The van der Waals surface area contributed by atoms with E-state index in [2.05, 4.69) is 10.4 Å². The predicted molar refractivity (Wildman–Crippen MR) is 119 cm³/mol. The van der Waals surface area contributed by atoms with Crippen molar-refractivity contribution in [3.63, 3.8) is 0 Å². The molecule has 8 heteroatoms. The molecule has 0 atom stereocenters. The van der Waals surface area contributed by atoms with Crippen LogP contribution in [0.5, 0.6) is 5.75 Å². The number of halogens is 1. The molecule has 1 aliphatic rings. The Bertz CT molecular complexity index is 1090. The van der Waals surface area contributed by atoms with Gasteiger partial charge >= 0.3 is 0 Å². The number of hydrogen-bond acceptors (Lipinski definition) is 4. The summed E-state index contributed by atoms with van der Waals surface area (Å²) in [6.07, 6.45) is 2.94. The van der Waals surface area contributed by atoms with Gasteiger partial charge in [-0.15, -0.1) is 0 Å². The number of hydrogen-bond donors (Lipinski definition) is 1. The van der Waals surface area contributed by atoms with Crippen LogP contribution >= 0.6 is 11.6 Å². The minimum absolute atomic E-state index is 0.0539. The zero-order chi connectivity index (χ0) is 21.8. The van der Waals surface area contributed by atoms with Gasteiger partial charge in [-0.2, -0.15) is 5.10 Å². The zero-order valence-electron chi connectivity index (χ0n) is 17.1. The van der Waals surface area contributed by atoms with Crippen LogP contribution in [0.1, 0.15) is 23.3 Å². The molecule has 0 aliphatic carbocycles. The molecule has 1 aromatic heterocycles. The lowest BCUT2D eigenvalue weighted by Crippen LogP contribution is -2.41. The Labute approximate surface area is 185 Å². The maximum Gasteiger partial charge on any atom is 0.274 e. The minimum atomic E-state index is -0.155. The largest absolute Gasteiger partial charge is 0.495 e. The Morgan fingerprint density at radius 2 is 1.87 bits per heavy atom. The number of anilines is 1. The van der Waals surface area contributed by atoms with Crippen molar-refractivity contribution in [3.8, 4) is 11.4 Å². The van der Waals surface area contributed by atoms with Gasteiger partial charge in [-0.1, -0.05) is 29.8 Å². The molecule has 1 aliphatic heterocycles. The van der Waals surface area contributed by atoms with Gasteiger partial charge in [-0.3, -0.25) is 9.59 Å². The summed E-state index contributed by atoms with van der Waals surface area (Å²) in [4.78, 5) is 27.3. The van der Waals surface area contributed by atoms with Gasteiger partial charge in [0.25, 0.3) is 5.91 Å². The Morgan fingerprint density at radius 3 is 2.61 bits per heavy atom. The molecule has 0 bridgehead atoms. The van der Waals surface area contributed by atoms with Crippen molar-refractivity contribution in [1.82, 2.24) is 14.7 Å². The van der Waals surface area contributed by atoms with Gasteiger partial charge in [0.05, 0.1) is 18.5 Å². The lowest BCUT2D eigenvalue weighted by molar-refractivity contribution is -0.121. The summed E-state index contributed by atoms with van der Waals surface area (Å²) in [6.45, 7) is 1.01. The molecule has 0 unspecified atom stereocenters. The number of amides is 2. The number of benzene rings is 2. The van der Waals surface area contributed by atoms with Crippen molar-refractivity contribution in [2.75, 3.05) is 25.5 Å². The molecule has 7 nitrogen and oxygen atoms in total. The summed E-state index contributed by atoms with van der Waals surface area (Å²) in [5, 5.41) is 7.94. The lowest BCUT2D eigenvalue weighted by Gasteiger charge is -2.31. The van der Waals surface area contributed by atoms with Crippen LogP contribution in [0.15, 0.2) is 60.8 Å². The number of ether oxygens (including phenoxy) is 1. The maximum atomic E-state index is 12.9. The summed E-state index contributed by atoms with van der Waals surface area (Å²) in [6, 6.07) is 16.3. The molecule has 2 amide bonds. The van der Waals surface area contributed by atoms with E-state index < -0.39 is 0 Å². The zero-order valence-corrected chi connectivity index (χ0v) is 17.9. The number of methoxy groups -OCH3 is 1. The van der Waals surface area contributed by atoms with Crippen molar-refractivity contribution in [1.29, 1.82) is 0 Å². The van der Waals surface area contributed by atoms with Gasteiger partial charge in [0.15, 0.2) is 5.69 Å². The molecule has 31 heavy (non-hydrogen) atoms. The smallest absolute Gasteiger partial charge is 0.274 e. The van der Waals surface area contributed by atoms with Crippen LogP contribution < -0.4 is 10.1 Å². The van der Waals surface area contributed by atoms with Gasteiger partial charge in [0, 0.05) is 30.2 Å². The van der Waals surface area contributed by atoms with Crippen LogP contribution in [-0.4, -0.2) is 46.7 Å². The third-order valence-electron chi connectivity index (χ3n) is 5.40. The first kappa shape index (κ1) is 20.9. The summed E-state index contributed by atoms with van der Waals surface area (Å²) in [5.41, 5.74) is 1.82. The monoisotopic (exact) mass is 438 g/mol. The van der Waals surface area contributed by atoms with Crippen LogP contribution in [0, 0.1) is 5.92 Å². The molecule has 2 aromatic carbocycles. The summed E-state index contributed by atoms with van der Waals surface area (Å²) in [5.74, 6) is 0.280. The first-order valence-electron chi connectivity index (χ1n) is 10.1. The third kappa shape index (κ3) is 4.72. The van der Waals surface area contributed by atoms with E-state index in [1.165, 1.54) is 0 Å². The molecular formula is C23H23ClN4O3. The van der Waals surface area contributed by atoms with Gasteiger partial charge in [0.2, 0.25) is 5.91 Å². The molecule has 0 saturated carbocycles. The SMILES string of the molecule is COc1ccccc1NC(=O)C1CCN(C(=O)c2ccn(-c3cccc(Cl)c3)n2)CC1. The predicted octanol–water partition coefficient (Wildman–Crippen LogP) is 4.03. The van der Waals surface area contributed by atoms with Crippen molar-refractivity contribution < 1.29 is 14.3 Å². The van der Waals surface area contributed by atoms with Crippen LogP contribution in [0.2, 0.25) is 5.02 Å². The van der Waals surface area contributed by atoms with Crippen LogP contribution in [0.25, 0.3) is 5.69 Å². The number of carbonyl (C=O) groups excluding carboxylic acids is 2. The normalized spacial score (nSPS) is 14.3. The van der Waals surface area contributed by atoms with Crippen molar-refractivity contribution >= 4 is 29.1 Å². The highest BCUT2D eigenvalue weighted by molar-refractivity contribution is 6.30. The second-order valence-electron chi connectivity index (χ2n) is 7.38.